The van der Waals surface area contributed by atoms with Crippen LogP contribution >= 0.6 is 0 Å². The van der Waals surface area contributed by atoms with Gasteiger partial charge in [-0.2, -0.15) is 0 Å². The summed E-state index contributed by atoms with van der Waals surface area (Å²) in [6.07, 6.45) is 5.59. The highest BCUT2D eigenvalue weighted by Crippen LogP contribution is 2.60. The summed E-state index contributed by atoms with van der Waals surface area (Å²) in [5, 5.41) is 0. The highest BCUT2D eigenvalue weighted by atomic mass is 16.6. The Balaban J connectivity index is 1.92. The van der Waals surface area contributed by atoms with Gasteiger partial charge in [-0.3, -0.25) is 4.79 Å². The van der Waals surface area contributed by atoms with Crippen molar-refractivity contribution in [1.82, 2.24) is 0 Å². The fourth-order valence-electron chi connectivity index (χ4n) is 4.60. The van der Waals surface area contributed by atoms with E-state index in [2.05, 4.69) is 6.58 Å². The van der Waals surface area contributed by atoms with Crippen molar-refractivity contribution < 1.29 is 14.3 Å². The first-order valence-electron chi connectivity index (χ1n) is 6.36. The summed E-state index contributed by atoms with van der Waals surface area (Å²) in [7, 11) is 0. The molecular formula is C14H18O3. The highest BCUT2D eigenvalue weighted by molar-refractivity contribution is 5.89. The van der Waals surface area contributed by atoms with Crippen molar-refractivity contribution in [2.75, 3.05) is 0 Å². The van der Waals surface area contributed by atoms with E-state index < -0.39 is 0 Å². The Morgan fingerprint density at radius 1 is 1.47 bits per heavy atom. The minimum Gasteiger partial charge on any atom is -0.456 e. The SMILES string of the molecule is C=CC(=O)OC12CC3CC(C1)C(=O)C(C)(C3)C2. The van der Waals surface area contributed by atoms with E-state index in [1.54, 1.807) is 0 Å². The van der Waals surface area contributed by atoms with Crippen molar-refractivity contribution >= 4 is 11.8 Å². The fraction of sp³-hybridized carbons (Fsp3) is 0.714. The van der Waals surface area contributed by atoms with Gasteiger partial charge in [-0.25, -0.2) is 4.79 Å². The Bertz CT molecular complexity index is 414. The molecule has 4 unspecified atom stereocenters. The summed E-state index contributed by atoms with van der Waals surface area (Å²) in [6, 6.07) is 0. The van der Waals surface area contributed by atoms with Gasteiger partial charge in [0.05, 0.1) is 0 Å². The number of rotatable bonds is 2. The van der Waals surface area contributed by atoms with Gasteiger partial charge in [0.2, 0.25) is 0 Å². The van der Waals surface area contributed by atoms with E-state index in [0.29, 0.717) is 18.1 Å². The Morgan fingerprint density at radius 3 is 2.88 bits per heavy atom. The molecule has 4 atom stereocenters. The molecule has 4 fully saturated rings. The van der Waals surface area contributed by atoms with Crippen LogP contribution in [-0.4, -0.2) is 17.4 Å². The highest BCUT2D eigenvalue weighted by Gasteiger charge is 2.62. The second-order valence-electron chi connectivity index (χ2n) is 6.32. The molecule has 0 amide bonds. The van der Waals surface area contributed by atoms with Gasteiger partial charge in [-0.15, -0.1) is 0 Å². The lowest BCUT2D eigenvalue weighted by atomic mass is 9.48. The van der Waals surface area contributed by atoms with Gasteiger partial charge in [-0.1, -0.05) is 13.5 Å². The molecule has 17 heavy (non-hydrogen) atoms. The number of Topliss-reactive ketones (excluding diaryl/α,β-unsaturated/α-hetero) is 1. The van der Waals surface area contributed by atoms with Crippen LogP contribution < -0.4 is 0 Å². The summed E-state index contributed by atoms with van der Waals surface area (Å²) in [5.74, 6) is 0.739. The lowest BCUT2D eigenvalue weighted by molar-refractivity contribution is -0.196. The van der Waals surface area contributed by atoms with Gasteiger partial charge in [-0.05, 0) is 38.0 Å². The molecule has 0 N–H and O–H groups in total. The van der Waals surface area contributed by atoms with E-state index in [1.807, 2.05) is 6.92 Å². The van der Waals surface area contributed by atoms with Crippen LogP contribution in [0.4, 0.5) is 0 Å². The summed E-state index contributed by atoms with van der Waals surface area (Å²) >= 11 is 0. The molecule has 4 bridgehead atoms. The van der Waals surface area contributed by atoms with Crippen LogP contribution in [0.3, 0.4) is 0 Å². The summed E-state index contributed by atoms with van der Waals surface area (Å²) in [6.45, 7) is 5.49. The van der Waals surface area contributed by atoms with E-state index in [0.717, 1.165) is 25.7 Å². The number of ether oxygens (including phenoxy) is 1. The first-order valence-corrected chi connectivity index (χ1v) is 6.36. The van der Waals surface area contributed by atoms with Gasteiger partial charge in [0.25, 0.3) is 0 Å². The molecule has 4 saturated carbocycles. The molecule has 0 radical (unpaired) electrons. The van der Waals surface area contributed by atoms with Crippen LogP contribution in [0.15, 0.2) is 12.7 Å². The van der Waals surface area contributed by atoms with E-state index in [1.165, 1.54) is 6.08 Å². The third-order valence-corrected chi connectivity index (χ3v) is 4.80. The van der Waals surface area contributed by atoms with Crippen LogP contribution in [0.2, 0.25) is 0 Å². The number of hydrogen-bond acceptors (Lipinski definition) is 3. The monoisotopic (exact) mass is 234 g/mol. The third-order valence-electron chi connectivity index (χ3n) is 4.80. The van der Waals surface area contributed by atoms with Crippen molar-refractivity contribution in [3.05, 3.63) is 12.7 Å². The van der Waals surface area contributed by atoms with E-state index >= 15 is 0 Å². The molecule has 4 aliphatic rings. The number of esters is 1. The van der Waals surface area contributed by atoms with Gasteiger partial charge in [0.15, 0.2) is 0 Å². The first kappa shape index (κ1) is 11.0. The maximum atomic E-state index is 12.2. The maximum Gasteiger partial charge on any atom is 0.330 e. The van der Waals surface area contributed by atoms with Crippen molar-refractivity contribution in [2.45, 2.75) is 44.6 Å². The van der Waals surface area contributed by atoms with Crippen LogP contribution in [0.1, 0.15) is 39.0 Å². The molecule has 0 aromatic heterocycles. The number of hydrogen-bond donors (Lipinski definition) is 0. The maximum absolute atomic E-state index is 12.2. The predicted octanol–water partition coefficient (Wildman–Crippen LogP) is 2.25. The van der Waals surface area contributed by atoms with E-state index in [9.17, 15) is 9.59 Å². The second kappa shape index (κ2) is 3.21. The average molecular weight is 234 g/mol. The standard InChI is InChI=1S/C14H18O3/c1-3-11(15)17-14-6-9-4-10(7-14)12(16)13(2,5-9)8-14/h3,9-10H,1,4-8H2,2H3. The molecule has 4 aliphatic carbocycles. The molecule has 3 nitrogen and oxygen atoms in total. The molecule has 0 heterocycles. The van der Waals surface area contributed by atoms with Gasteiger partial charge >= 0.3 is 5.97 Å². The largest absolute Gasteiger partial charge is 0.456 e. The van der Waals surface area contributed by atoms with Crippen LogP contribution in [-0.2, 0) is 14.3 Å². The Morgan fingerprint density at radius 2 is 2.24 bits per heavy atom. The minimum absolute atomic E-state index is 0.124. The van der Waals surface area contributed by atoms with E-state index in [4.69, 9.17) is 4.74 Å². The molecule has 0 spiro atoms. The van der Waals surface area contributed by atoms with Crippen LogP contribution in [0.25, 0.3) is 0 Å². The minimum atomic E-state index is -0.375. The molecule has 4 rings (SSSR count). The summed E-state index contributed by atoms with van der Waals surface area (Å²) < 4.78 is 5.60. The van der Waals surface area contributed by atoms with Crippen LogP contribution in [0, 0.1) is 17.3 Å². The van der Waals surface area contributed by atoms with Crippen molar-refractivity contribution in [2.24, 2.45) is 17.3 Å². The van der Waals surface area contributed by atoms with E-state index in [-0.39, 0.29) is 22.9 Å². The van der Waals surface area contributed by atoms with Crippen LogP contribution in [0.5, 0.6) is 0 Å². The lowest BCUT2D eigenvalue weighted by Crippen LogP contribution is -2.61. The number of carbonyl (C=O) groups is 2. The van der Waals surface area contributed by atoms with Gasteiger partial charge in [0.1, 0.15) is 11.4 Å². The summed E-state index contributed by atoms with van der Waals surface area (Å²) in [4.78, 5) is 23.7. The third kappa shape index (κ3) is 1.48. The molecular weight excluding hydrogens is 216 g/mol. The normalized spacial score (nSPS) is 47.0. The number of carbonyl (C=O) groups excluding carboxylic acids is 2. The zero-order chi connectivity index (χ0) is 12.3. The lowest BCUT2D eigenvalue weighted by Gasteiger charge is -2.58. The predicted molar refractivity (Wildman–Crippen MR) is 62.2 cm³/mol. The Hall–Kier alpha value is -1.12. The van der Waals surface area contributed by atoms with Crippen molar-refractivity contribution in [1.29, 1.82) is 0 Å². The number of ketones is 1. The smallest absolute Gasteiger partial charge is 0.330 e. The molecule has 0 aromatic carbocycles. The summed E-state index contributed by atoms with van der Waals surface area (Å²) in [5.41, 5.74) is -0.620. The first-order chi connectivity index (χ1) is 7.96. The second-order valence-corrected chi connectivity index (χ2v) is 6.32. The fourth-order valence-corrected chi connectivity index (χ4v) is 4.60. The zero-order valence-corrected chi connectivity index (χ0v) is 10.2. The molecule has 0 aliphatic heterocycles. The van der Waals surface area contributed by atoms with Gasteiger partial charge < -0.3 is 4.74 Å². The van der Waals surface area contributed by atoms with Gasteiger partial charge in [0, 0.05) is 17.4 Å². The van der Waals surface area contributed by atoms with Crippen molar-refractivity contribution in [3.8, 4) is 0 Å². The van der Waals surface area contributed by atoms with Crippen molar-refractivity contribution in [3.63, 3.8) is 0 Å². The molecule has 92 valence electrons. The molecule has 0 aromatic rings. The topological polar surface area (TPSA) is 43.4 Å². The Kier molecular flexibility index (Phi) is 2.08. The Labute approximate surface area is 101 Å². The average Bonchev–Trinajstić information content (AvgIpc) is 2.23. The molecule has 3 heteroatoms. The molecule has 0 saturated heterocycles. The zero-order valence-electron chi connectivity index (χ0n) is 10.2. The quantitative estimate of drug-likeness (QED) is 0.543.